The molecule has 0 bridgehead atoms. The van der Waals surface area contributed by atoms with Gasteiger partial charge in [0.15, 0.2) is 0 Å². The third kappa shape index (κ3) is 4.20. The van der Waals surface area contributed by atoms with Crippen LogP contribution >= 0.6 is 0 Å². The highest BCUT2D eigenvalue weighted by Gasteiger charge is 2.38. The molecule has 1 amide bonds. The van der Waals surface area contributed by atoms with Gasteiger partial charge in [0.25, 0.3) is 0 Å². The molecule has 0 radical (unpaired) electrons. The van der Waals surface area contributed by atoms with E-state index in [9.17, 15) is 18.0 Å². The minimum Gasteiger partial charge on any atom is -0.470 e. The summed E-state index contributed by atoms with van der Waals surface area (Å²) >= 11 is 0. The number of amides is 1. The van der Waals surface area contributed by atoms with Gasteiger partial charge in [-0.3, -0.25) is 0 Å². The summed E-state index contributed by atoms with van der Waals surface area (Å²) in [5.74, 6) is -0.475. The highest BCUT2D eigenvalue weighted by Crippen LogP contribution is 2.35. The molecule has 8 heteroatoms. The summed E-state index contributed by atoms with van der Waals surface area (Å²) in [4.78, 5) is 16.9. The number of aromatic nitrogens is 1. The molecule has 1 saturated heterocycles. The van der Waals surface area contributed by atoms with E-state index in [1.54, 1.807) is 0 Å². The van der Waals surface area contributed by atoms with Crippen molar-refractivity contribution in [3.05, 3.63) is 59.8 Å². The molecule has 1 aliphatic heterocycles. The average molecular weight is 352 g/mol. The zero-order valence-corrected chi connectivity index (χ0v) is 13.1. The molecular formula is C17H15F3N2O3. The second kappa shape index (κ2) is 7.00. The quantitative estimate of drug-likeness (QED) is 0.845. The first-order chi connectivity index (χ1) is 11.9. The molecule has 1 fully saturated rings. The van der Waals surface area contributed by atoms with Crippen LogP contribution in [-0.4, -0.2) is 35.2 Å². The van der Waals surface area contributed by atoms with Gasteiger partial charge in [-0.05, 0) is 17.7 Å². The maximum absolute atomic E-state index is 12.9. The summed E-state index contributed by atoms with van der Waals surface area (Å²) in [6, 6.07) is 11.3. The molecule has 132 valence electrons. The fourth-order valence-electron chi connectivity index (χ4n) is 2.33. The number of halogens is 3. The molecule has 0 atom stereocenters. The van der Waals surface area contributed by atoms with E-state index in [2.05, 4.69) is 4.98 Å². The SMILES string of the molecule is O=C(OCc1ccccc1)N1CC(Oc2ncccc2C(F)(F)F)C1. The van der Waals surface area contributed by atoms with Gasteiger partial charge in [0.05, 0.1) is 13.1 Å². The Morgan fingerprint density at radius 2 is 1.88 bits per heavy atom. The third-order valence-corrected chi connectivity index (χ3v) is 3.67. The molecule has 2 heterocycles. The molecule has 3 rings (SSSR count). The molecule has 25 heavy (non-hydrogen) atoms. The Hall–Kier alpha value is -2.77. The van der Waals surface area contributed by atoms with Crippen LogP contribution in [0.4, 0.5) is 18.0 Å². The Bertz CT molecular complexity index is 731. The second-order valence-electron chi connectivity index (χ2n) is 5.54. The number of pyridine rings is 1. The standard InChI is InChI=1S/C17H15F3N2O3/c18-17(19,20)14-7-4-8-21-15(14)25-13-9-22(10-13)16(23)24-11-12-5-2-1-3-6-12/h1-8,13H,9-11H2. The zero-order chi connectivity index (χ0) is 17.9. The summed E-state index contributed by atoms with van der Waals surface area (Å²) in [6.45, 7) is 0.448. The van der Waals surface area contributed by atoms with Gasteiger partial charge in [0, 0.05) is 6.20 Å². The number of hydrogen-bond acceptors (Lipinski definition) is 4. The molecule has 5 nitrogen and oxygen atoms in total. The lowest BCUT2D eigenvalue weighted by Crippen LogP contribution is -2.56. The van der Waals surface area contributed by atoms with Crippen LogP contribution in [0.15, 0.2) is 48.7 Å². The number of nitrogens with zero attached hydrogens (tertiary/aromatic N) is 2. The van der Waals surface area contributed by atoms with Crippen molar-refractivity contribution in [1.29, 1.82) is 0 Å². The first-order valence-corrected chi connectivity index (χ1v) is 7.58. The lowest BCUT2D eigenvalue weighted by atomic mass is 10.2. The maximum Gasteiger partial charge on any atom is 0.421 e. The molecule has 1 aromatic carbocycles. The summed E-state index contributed by atoms with van der Waals surface area (Å²) in [6.07, 6.45) is -4.38. The van der Waals surface area contributed by atoms with Crippen LogP contribution < -0.4 is 4.74 Å². The number of benzene rings is 1. The van der Waals surface area contributed by atoms with Crippen LogP contribution in [0, 0.1) is 0 Å². The number of alkyl halides is 3. The van der Waals surface area contributed by atoms with Crippen LogP contribution in [0.2, 0.25) is 0 Å². The first kappa shape index (κ1) is 17.1. The Morgan fingerprint density at radius 3 is 2.56 bits per heavy atom. The molecular weight excluding hydrogens is 337 g/mol. The Labute approximate surface area is 142 Å². The predicted molar refractivity (Wildman–Crippen MR) is 81.9 cm³/mol. The summed E-state index contributed by atoms with van der Waals surface area (Å²) in [5.41, 5.74) is -0.0763. The average Bonchev–Trinajstić information content (AvgIpc) is 2.56. The van der Waals surface area contributed by atoms with Gasteiger partial charge in [0.2, 0.25) is 5.88 Å². The van der Waals surface area contributed by atoms with Gasteiger partial charge in [-0.2, -0.15) is 13.2 Å². The molecule has 0 N–H and O–H groups in total. The normalized spacial score (nSPS) is 14.8. The van der Waals surface area contributed by atoms with E-state index in [4.69, 9.17) is 9.47 Å². The lowest BCUT2D eigenvalue weighted by molar-refractivity contribution is -0.140. The van der Waals surface area contributed by atoms with Crippen LogP contribution in [0.1, 0.15) is 11.1 Å². The van der Waals surface area contributed by atoms with E-state index in [-0.39, 0.29) is 19.7 Å². The molecule has 0 aliphatic carbocycles. The van der Waals surface area contributed by atoms with Crippen molar-refractivity contribution >= 4 is 6.09 Å². The largest absolute Gasteiger partial charge is 0.470 e. The number of carbonyl (C=O) groups is 1. The fourth-order valence-corrected chi connectivity index (χ4v) is 2.33. The van der Waals surface area contributed by atoms with Gasteiger partial charge in [0.1, 0.15) is 18.3 Å². The van der Waals surface area contributed by atoms with Crippen molar-refractivity contribution < 1.29 is 27.4 Å². The number of rotatable bonds is 4. The van der Waals surface area contributed by atoms with Gasteiger partial charge < -0.3 is 14.4 Å². The molecule has 0 spiro atoms. The van der Waals surface area contributed by atoms with Gasteiger partial charge in [-0.25, -0.2) is 9.78 Å². The minimum absolute atomic E-state index is 0.139. The van der Waals surface area contributed by atoms with E-state index in [1.807, 2.05) is 30.3 Å². The molecule has 2 aromatic rings. The van der Waals surface area contributed by atoms with Crippen molar-refractivity contribution in [1.82, 2.24) is 9.88 Å². The van der Waals surface area contributed by atoms with Crippen molar-refractivity contribution in [3.63, 3.8) is 0 Å². The zero-order valence-electron chi connectivity index (χ0n) is 13.1. The number of ether oxygens (including phenoxy) is 2. The van der Waals surface area contributed by atoms with Crippen LogP contribution in [0.25, 0.3) is 0 Å². The fraction of sp³-hybridized carbons (Fsp3) is 0.294. The highest BCUT2D eigenvalue weighted by atomic mass is 19.4. The number of carbonyl (C=O) groups excluding carboxylic acids is 1. The van der Waals surface area contributed by atoms with Gasteiger partial charge >= 0.3 is 12.3 Å². The van der Waals surface area contributed by atoms with E-state index in [0.29, 0.717) is 0 Å². The monoisotopic (exact) mass is 352 g/mol. The van der Waals surface area contributed by atoms with Crippen molar-refractivity contribution in [2.45, 2.75) is 18.9 Å². The summed E-state index contributed by atoms with van der Waals surface area (Å²) < 4.78 is 49.1. The van der Waals surface area contributed by atoms with Crippen molar-refractivity contribution in [2.75, 3.05) is 13.1 Å². The van der Waals surface area contributed by atoms with E-state index < -0.39 is 29.8 Å². The minimum atomic E-state index is -4.54. The lowest BCUT2D eigenvalue weighted by Gasteiger charge is -2.37. The first-order valence-electron chi connectivity index (χ1n) is 7.58. The molecule has 0 saturated carbocycles. The molecule has 0 unspecified atom stereocenters. The van der Waals surface area contributed by atoms with Crippen LogP contribution in [-0.2, 0) is 17.5 Å². The van der Waals surface area contributed by atoms with Gasteiger partial charge in [-0.15, -0.1) is 0 Å². The number of likely N-dealkylation sites (tertiary alicyclic amines) is 1. The smallest absolute Gasteiger partial charge is 0.421 e. The Kier molecular flexibility index (Phi) is 4.78. The second-order valence-corrected chi connectivity index (χ2v) is 5.54. The number of hydrogen-bond donors (Lipinski definition) is 0. The van der Waals surface area contributed by atoms with Crippen molar-refractivity contribution in [3.8, 4) is 5.88 Å². The summed E-state index contributed by atoms with van der Waals surface area (Å²) in [7, 11) is 0. The van der Waals surface area contributed by atoms with E-state index >= 15 is 0 Å². The van der Waals surface area contributed by atoms with Crippen molar-refractivity contribution in [2.24, 2.45) is 0 Å². The van der Waals surface area contributed by atoms with Crippen LogP contribution in [0.3, 0.4) is 0 Å². The predicted octanol–water partition coefficient (Wildman–Crippen LogP) is 3.50. The molecule has 1 aliphatic rings. The van der Waals surface area contributed by atoms with E-state index in [0.717, 1.165) is 11.6 Å². The Balaban J connectivity index is 1.49. The third-order valence-electron chi connectivity index (χ3n) is 3.67. The topological polar surface area (TPSA) is 51.7 Å². The van der Waals surface area contributed by atoms with E-state index in [1.165, 1.54) is 17.2 Å². The highest BCUT2D eigenvalue weighted by molar-refractivity contribution is 5.68. The summed E-state index contributed by atoms with van der Waals surface area (Å²) in [5, 5.41) is 0. The maximum atomic E-state index is 12.9. The van der Waals surface area contributed by atoms with Crippen LogP contribution in [0.5, 0.6) is 5.88 Å². The Morgan fingerprint density at radius 1 is 1.16 bits per heavy atom. The molecule has 1 aromatic heterocycles. The van der Waals surface area contributed by atoms with Gasteiger partial charge in [-0.1, -0.05) is 30.3 Å².